The van der Waals surface area contributed by atoms with Crippen LogP contribution in [0, 0.1) is 11.7 Å². The van der Waals surface area contributed by atoms with Crippen LogP contribution in [0.15, 0.2) is 16.7 Å². The summed E-state index contributed by atoms with van der Waals surface area (Å²) < 4.78 is 19.2. The summed E-state index contributed by atoms with van der Waals surface area (Å²) in [6, 6.07) is 3.73. The van der Waals surface area contributed by atoms with Gasteiger partial charge in [-0.15, -0.1) is 0 Å². The molecule has 1 N–H and O–H groups in total. The quantitative estimate of drug-likeness (QED) is 0.916. The van der Waals surface area contributed by atoms with Crippen LogP contribution in [-0.2, 0) is 0 Å². The Bertz CT molecular complexity index is 749. The van der Waals surface area contributed by atoms with Gasteiger partial charge in [0.25, 0.3) is 0 Å². The molecule has 116 valence electrons. The van der Waals surface area contributed by atoms with Crippen molar-refractivity contribution in [3.05, 3.63) is 23.0 Å². The van der Waals surface area contributed by atoms with Crippen molar-refractivity contribution in [2.24, 2.45) is 5.92 Å². The second kappa shape index (κ2) is 4.36. The fourth-order valence-corrected chi connectivity index (χ4v) is 4.67. The van der Waals surface area contributed by atoms with Crippen LogP contribution >= 0.6 is 11.6 Å². The number of fused-ring (bicyclic) bond motifs is 3. The zero-order valence-electron chi connectivity index (χ0n) is 12.1. The van der Waals surface area contributed by atoms with Crippen molar-refractivity contribution in [3.63, 3.8) is 0 Å². The minimum Gasteiger partial charge on any atom is -0.362 e. The third kappa shape index (κ3) is 1.64. The maximum absolute atomic E-state index is 14.0. The average Bonchev–Trinajstić information content (AvgIpc) is 3.21. The van der Waals surface area contributed by atoms with Crippen molar-refractivity contribution in [2.45, 2.75) is 37.3 Å². The first-order valence-corrected chi connectivity index (χ1v) is 8.32. The molecule has 4 fully saturated rings. The van der Waals surface area contributed by atoms with E-state index in [4.69, 9.17) is 16.1 Å². The van der Waals surface area contributed by atoms with E-state index in [0.29, 0.717) is 28.7 Å². The standard InChI is InChI=1S/C16H17ClFN3O/c17-11-2-1-10-13(12(11)18)22-20-15(10)19-14-9-3-7-21(8-4-9)16(14)5-6-16/h1-2,9,14H,3-8H2,(H,19,20)/t14-/m0/s1. The van der Waals surface area contributed by atoms with Gasteiger partial charge in [0, 0.05) is 11.6 Å². The normalized spacial score (nSPS) is 31.8. The molecule has 4 nitrogen and oxygen atoms in total. The highest BCUT2D eigenvalue weighted by Crippen LogP contribution is 2.54. The Balaban J connectivity index is 1.53. The van der Waals surface area contributed by atoms with E-state index in [0.717, 1.165) is 0 Å². The average molecular weight is 322 g/mol. The number of nitrogens with zero attached hydrogens (tertiary/aromatic N) is 2. The first-order chi connectivity index (χ1) is 10.7. The third-order valence-corrected chi connectivity index (χ3v) is 6.10. The molecule has 3 saturated heterocycles. The van der Waals surface area contributed by atoms with Crippen molar-refractivity contribution in [2.75, 3.05) is 18.4 Å². The van der Waals surface area contributed by atoms with E-state index in [1.54, 1.807) is 12.1 Å². The molecule has 0 unspecified atom stereocenters. The molecule has 22 heavy (non-hydrogen) atoms. The summed E-state index contributed by atoms with van der Waals surface area (Å²) >= 11 is 5.81. The number of hydrogen-bond donors (Lipinski definition) is 1. The predicted molar refractivity (Wildman–Crippen MR) is 82.6 cm³/mol. The molecule has 0 amide bonds. The molecule has 1 saturated carbocycles. The van der Waals surface area contributed by atoms with Gasteiger partial charge in [-0.25, -0.2) is 4.39 Å². The molecule has 1 aliphatic carbocycles. The van der Waals surface area contributed by atoms with Gasteiger partial charge in [-0.05, 0) is 56.8 Å². The number of hydrogen-bond acceptors (Lipinski definition) is 4. The summed E-state index contributed by atoms with van der Waals surface area (Å²) in [5.74, 6) is 0.793. The molecule has 0 radical (unpaired) electrons. The Kier molecular flexibility index (Phi) is 2.60. The molecule has 1 aromatic heterocycles. The van der Waals surface area contributed by atoms with Crippen LogP contribution in [-0.4, -0.2) is 34.7 Å². The Hall–Kier alpha value is -1.33. The molecule has 3 aliphatic heterocycles. The van der Waals surface area contributed by atoms with Gasteiger partial charge in [-0.3, -0.25) is 4.90 Å². The van der Waals surface area contributed by atoms with E-state index >= 15 is 0 Å². The highest BCUT2D eigenvalue weighted by Gasteiger charge is 2.60. The molecular weight excluding hydrogens is 305 g/mol. The van der Waals surface area contributed by atoms with Crippen LogP contribution in [0.3, 0.4) is 0 Å². The molecule has 1 aromatic carbocycles. The minimum atomic E-state index is -0.533. The Labute approximate surface area is 132 Å². The molecule has 6 rings (SSSR count). The SMILES string of the molecule is Fc1c(Cl)ccc2c(N[C@H]3C4CCN(CC4)C34CC4)noc12. The highest BCUT2D eigenvalue weighted by molar-refractivity contribution is 6.31. The number of aromatic nitrogens is 1. The van der Waals surface area contributed by atoms with Crippen LogP contribution < -0.4 is 5.32 Å². The summed E-state index contributed by atoms with van der Waals surface area (Å²) in [6.45, 7) is 2.43. The second-order valence-corrected chi connectivity index (χ2v) is 7.23. The van der Waals surface area contributed by atoms with E-state index in [1.165, 1.54) is 38.8 Å². The van der Waals surface area contributed by atoms with Crippen LogP contribution in [0.1, 0.15) is 25.7 Å². The summed E-state index contributed by atoms with van der Waals surface area (Å²) in [4.78, 5) is 2.63. The second-order valence-electron chi connectivity index (χ2n) is 6.82. The smallest absolute Gasteiger partial charge is 0.206 e. The van der Waals surface area contributed by atoms with Gasteiger partial charge >= 0.3 is 0 Å². The van der Waals surface area contributed by atoms with E-state index < -0.39 is 5.82 Å². The maximum Gasteiger partial charge on any atom is 0.206 e. The van der Waals surface area contributed by atoms with Gasteiger partial charge in [0.1, 0.15) is 0 Å². The Morgan fingerprint density at radius 2 is 2.09 bits per heavy atom. The van der Waals surface area contributed by atoms with Gasteiger partial charge in [0.15, 0.2) is 11.6 Å². The lowest BCUT2D eigenvalue weighted by Crippen LogP contribution is -2.62. The van der Waals surface area contributed by atoms with Gasteiger partial charge in [0.2, 0.25) is 5.58 Å². The summed E-state index contributed by atoms with van der Waals surface area (Å²) in [5.41, 5.74) is 0.443. The third-order valence-electron chi connectivity index (χ3n) is 5.81. The fourth-order valence-electron chi connectivity index (χ4n) is 4.52. The highest BCUT2D eigenvalue weighted by atomic mass is 35.5. The largest absolute Gasteiger partial charge is 0.362 e. The maximum atomic E-state index is 14.0. The lowest BCUT2D eigenvalue weighted by molar-refractivity contribution is 0.0202. The fraction of sp³-hybridized carbons (Fsp3) is 0.562. The summed E-state index contributed by atoms with van der Waals surface area (Å²) in [6.07, 6.45) is 4.96. The molecule has 4 heterocycles. The van der Waals surface area contributed by atoms with E-state index in [1.807, 2.05) is 0 Å². The lowest BCUT2D eigenvalue weighted by atomic mass is 9.77. The van der Waals surface area contributed by atoms with Crippen molar-refractivity contribution in [1.82, 2.24) is 10.1 Å². The topological polar surface area (TPSA) is 41.3 Å². The Morgan fingerprint density at radius 3 is 2.82 bits per heavy atom. The van der Waals surface area contributed by atoms with Crippen molar-refractivity contribution < 1.29 is 8.91 Å². The molecular formula is C16H17ClFN3O. The monoisotopic (exact) mass is 321 g/mol. The number of anilines is 1. The van der Waals surface area contributed by atoms with E-state index in [2.05, 4.69) is 15.4 Å². The number of nitrogens with one attached hydrogen (secondary N) is 1. The van der Waals surface area contributed by atoms with Crippen LogP contribution in [0.5, 0.6) is 0 Å². The molecule has 6 heteroatoms. The van der Waals surface area contributed by atoms with Gasteiger partial charge in [0.05, 0.1) is 10.4 Å². The van der Waals surface area contributed by atoms with Crippen LogP contribution in [0.25, 0.3) is 11.0 Å². The first kappa shape index (κ1) is 13.1. The van der Waals surface area contributed by atoms with Crippen molar-refractivity contribution in [1.29, 1.82) is 0 Å². The van der Waals surface area contributed by atoms with Gasteiger partial charge in [-0.1, -0.05) is 16.8 Å². The van der Waals surface area contributed by atoms with Gasteiger partial charge < -0.3 is 9.84 Å². The lowest BCUT2D eigenvalue weighted by Gasteiger charge is -2.52. The van der Waals surface area contributed by atoms with Crippen molar-refractivity contribution in [3.8, 4) is 0 Å². The Morgan fingerprint density at radius 1 is 1.32 bits per heavy atom. The summed E-state index contributed by atoms with van der Waals surface area (Å²) in [5, 5.41) is 8.38. The number of rotatable bonds is 2. The zero-order valence-corrected chi connectivity index (χ0v) is 12.9. The van der Waals surface area contributed by atoms with Crippen molar-refractivity contribution >= 4 is 28.4 Å². The first-order valence-electron chi connectivity index (χ1n) is 7.94. The number of piperidine rings is 3. The molecule has 1 atom stereocenters. The van der Waals surface area contributed by atoms with E-state index in [9.17, 15) is 4.39 Å². The molecule has 2 aromatic rings. The summed E-state index contributed by atoms with van der Waals surface area (Å²) in [7, 11) is 0. The molecule has 4 aliphatic rings. The minimum absolute atomic E-state index is 0.0664. The zero-order chi connectivity index (χ0) is 14.9. The van der Waals surface area contributed by atoms with Crippen LogP contribution in [0.2, 0.25) is 5.02 Å². The van der Waals surface area contributed by atoms with Crippen LogP contribution in [0.4, 0.5) is 10.2 Å². The van der Waals surface area contributed by atoms with Gasteiger partial charge in [-0.2, -0.15) is 0 Å². The molecule has 1 spiro atoms. The number of benzene rings is 1. The predicted octanol–water partition coefficient (Wildman–Crippen LogP) is 3.66. The van der Waals surface area contributed by atoms with E-state index in [-0.39, 0.29) is 10.6 Å². The number of halogens is 2. The molecule has 2 bridgehead atoms.